The van der Waals surface area contributed by atoms with Gasteiger partial charge in [-0.05, 0) is 57.8 Å². The van der Waals surface area contributed by atoms with Crippen LogP contribution >= 0.6 is 0 Å². The van der Waals surface area contributed by atoms with Crippen molar-refractivity contribution < 1.29 is 10.2 Å². The van der Waals surface area contributed by atoms with Gasteiger partial charge < -0.3 is 10.2 Å². The smallest absolute Gasteiger partial charge is 0.115 e. The van der Waals surface area contributed by atoms with Gasteiger partial charge >= 0.3 is 0 Å². The standard InChI is InChI=1S/C30H50O2/c1-20(21-18-29(25(2,3)4,26(5,6)7)16-14-23(21)31)22-19-30(27(8,9)10,28(11,12)13)17-15-24(22)32/h14-17,20,31-32H,18-19H2,1-13H3. The molecule has 0 aromatic rings. The van der Waals surface area contributed by atoms with Gasteiger partial charge in [0.2, 0.25) is 0 Å². The van der Waals surface area contributed by atoms with E-state index in [4.69, 9.17) is 0 Å². The minimum atomic E-state index is -0.0956. The number of hydrogen-bond acceptors (Lipinski definition) is 2. The van der Waals surface area contributed by atoms with Gasteiger partial charge in [0.1, 0.15) is 11.5 Å². The third-order valence-corrected chi connectivity index (χ3v) is 9.05. The van der Waals surface area contributed by atoms with E-state index in [0.717, 1.165) is 24.0 Å². The molecule has 182 valence electrons. The molecule has 2 nitrogen and oxygen atoms in total. The number of hydrogen-bond donors (Lipinski definition) is 2. The molecular formula is C30H50O2. The van der Waals surface area contributed by atoms with E-state index in [-0.39, 0.29) is 38.4 Å². The molecule has 0 aromatic carbocycles. The first kappa shape index (κ1) is 26.8. The second-order valence-electron chi connectivity index (χ2n) is 14.5. The van der Waals surface area contributed by atoms with E-state index in [1.165, 1.54) is 0 Å². The lowest BCUT2D eigenvalue weighted by atomic mass is 9.48. The minimum absolute atomic E-state index is 0.0247. The lowest BCUT2D eigenvalue weighted by Gasteiger charge is -2.55. The van der Waals surface area contributed by atoms with Gasteiger partial charge in [0.05, 0.1) is 0 Å². The van der Waals surface area contributed by atoms with Crippen molar-refractivity contribution in [2.45, 2.75) is 103 Å². The van der Waals surface area contributed by atoms with E-state index < -0.39 is 0 Å². The molecule has 0 spiro atoms. The molecule has 2 heteroatoms. The molecule has 0 aliphatic heterocycles. The van der Waals surface area contributed by atoms with Crippen LogP contribution in [0.25, 0.3) is 0 Å². The number of aliphatic hydroxyl groups excluding tert-OH is 2. The van der Waals surface area contributed by atoms with Crippen LogP contribution < -0.4 is 0 Å². The van der Waals surface area contributed by atoms with Crippen LogP contribution in [-0.4, -0.2) is 10.2 Å². The molecule has 2 N–H and O–H groups in total. The molecule has 0 saturated carbocycles. The Balaban J connectivity index is 2.60. The predicted octanol–water partition coefficient (Wildman–Crippen LogP) is 9.32. The van der Waals surface area contributed by atoms with E-state index in [1.807, 2.05) is 12.2 Å². The van der Waals surface area contributed by atoms with Crippen molar-refractivity contribution in [2.24, 2.45) is 38.4 Å². The van der Waals surface area contributed by atoms with E-state index in [2.05, 4.69) is 102 Å². The highest BCUT2D eigenvalue weighted by Crippen LogP contribution is 2.62. The summed E-state index contributed by atoms with van der Waals surface area (Å²) in [5.74, 6) is 0.709. The number of rotatable bonds is 2. The molecule has 2 aliphatic carbocycles. The van der Waals surface area contributed by atoms with Gasteiger partial charge in [-0.25, -0.2) is 0 Å². The molecule has 0 atom stereocenters. The summed E-state index contributed by atoms with van der Waals surface area (Å²) >= 11 is 0. The number of aliphatic hydroxyl groups is 2. The predicted molar refractivity (Wildman–Crippen MR) is 139 cm³/mol. The normalized spacial score (nSPS) is 22.2. The molecule has 0 unspecified atom stereocenters. The third-order valence-electron chi connectivity index (χ3n) is 9.05. The first-order chi connectivity index (χ1) is 14.1. The van der Waals surface area contributed by atoms with Crippen LogP contribution in [0.15, 0.2) is 47.0 Å². The molecule has 2 rings (SSSR count). The molecule has 0 heterocycles. The van der Waals surface area contributed by atoms with Crippen molar-refractivity contribution in [1.29, 1.82) is 0 Å². The van der Waals surface area contributed by atoms with Gasteiger partial charge in [0, 0.05) is 16.7 Å². The quantitative estimate of drug-likeness (QED) is 0.447. The van der Waals surface area contributed by atoms with Gasteiger partial charge in [-0.15, -0.1) is 0 Å². The molecule has 0 saturated heterocycles. The highest BCUT2D eigenvalue weighted by molar-refractivity contribution is 5.41. The lowest BCUT2D eigenvalue weighted by Crippen LogP contribution is -2.48. The first-order valence-corrected chi connectivity index (χ1v) is 12.3. The second-order valence-corrected chi connectivity index (χ2v) is 14.5. The average molecular weight is 443 g/mol. The maximum Gasteiger partial charge on any atom is 0.115 e. The zero-order chi connectivity index (χ0) is 25.1. The molecule has 2 aliphatic rings. The van der Waals surface area contributed by atoms with E-state index in [0.29, 0.717) is 11.5 Å². The zero-order valence-electron chi connectivity index (χ0n) is 23.2. The summed E-state index contributed by atoms with van der Waals surface area (Å²) in [6.45, 7) is 29.8. The van der Waals surface area contributed by atoms with Gasteiger partial charge in [0.15, 0.2) is 0 Å². The van der Waals surface area contributed by atoms with Crippen molar-refractivity contribution >= 4 is 0 Å². The Labute approximate surface area is 198 Å². The van der Waals surface area contributed by atoms with Crippen LogP contribution in [0.2, 0.25) is 0 Å². The summed E-state index contributed by atoms with van der Waals surface area (Å²) in [5, 5.41) is 22.1. The largest absolute Gasteiger partial charge is 0.508 e. The van der Waals surface area contributed by atoms with Gasteiger partial charge in [-0.3, -0.25) is 0 Å². The van der Waals surface area contributed by atoms with Crippen molar-refractivity contribution in [2.75, 3.05) is 0 Å². The SMILES string of the molecule is CC(C1=C(O)C=CC(C(C)(C)C)(C(C)(C)C)C1)C1=C(O)C=CC(C(C)(C)C)(C(C)(C)C)C1. The van der Waals surface area contributed by atoms with Crippen LogP contribution in [0.5, 0.6) is 0 Å². The van der Waals surface area contributed by atoms with Gasteiger partial charge in [-0.1, -0.05) is 102 Å². The van der Waals surface area contributed by atoms with Crippen molar-refractivity contribution in [3.8, 4) is 0 Å². The molecular weight excluding hydrogens is 392 g/mol. The molecule has 0 aromatic heterocycles. The Kier molecular flexibility index (Phi) is 6.54. The number of allylic oxidation sites excluding steroid dienone is 6. The summed E-state index contributed by atoms with van der Waals surface area (Å²) in [5.41, 5.74) is 2.00. The van der Waals surface area contributed by atoms with Gasteiger partial charge in [-0.2, -0.15) is 0 Å². The Morgan fingerprint density at radius 2 is 0.844 bits per heavy atom. The highest BCUT2D eigenvalue weighted by Gasteiger charge is 2.53. The Bertz CT molecular complexity index is 748. The molecule has 0 bridgehead atoms. The Morgan fingerprint density at radius 1 is 0.594 bits per heavy atom. The fourth-order valence-corrected chi connectivity index (χ4v) is 6.83. The summed E-state index contributed by atoms with van der Waals surface area (Å²) in [6.07, 6.45) is 9.90. The van der Waals surface area contributed by atoms with Crippen molar-refractivity contribution in [3.63, 3.8) is 0 Å². The Hall–Kier alpha value is -1.44. The lowest BCUT2D eigenvalue weighted by molar-refractivity contribution is 0.00797. The topological polar surface area (TPSA) is 40.5 Å². The summed E-state index contributed by atoms with van der Waals surface area (Å²) < 4.78 is 0. The van der Waals surface area contributed by atoms with Crippen molar-refractivity contribution in [3.05, 3.63) is 47.0 Å². The summed E-state index contributed by atoms with van der Waals surface area (Å²) in [7, 11) is 0. The third kappa shape index (κ3) is 4.12. The van der Waals surface area contributed by atoms with Crippen LogP contribution in [0, 0.1) is 38.4 Å². The summed E-state index contributed by atoms with van der Waals surface area (Å²) in [4.78, 5) is 0. The van der Waals surface area contributed by atoms with Crippen molar-refractivity contribution in [1.82, 2.24) is 0 Å². The zero-order valence-corrected chi connectivity index (χ0v) is 23.2. The summed E-state index contributed by atoms with van der Waals surface area (Å²) in [6, 6.07) is 0. The van der Waals surface area contributed by atoms with Crippen LogP contribution in [0.4, 0.5) is 0 Å². The minimum Gasteiger partial charge on any atom is -0.508 e. The van der Waals surface area contributed by atoms with E-state index in [9.17, 15) is 10.2 Å². The van der Waals surface area contributed by atoms with Crippen LogP contribution in [0.1, 0.15) is 103 Å². The molecule has 0 fully saturated rings. The maximum atomic E-state index is 11.0. The van der Waals surface area contributed by atoms with E-state index >= 15 is 0 Å². The Morgan fingerprint density at radius 3 is 1.06 bits per heavy atom. The van der Waals surface area contributed by atoms with E-state index in [1.54, 1.807) is 0 Å². The average Bonchev–Trinajstić information content (AvgIpc) is 2.58. The maximum absolute atomic E-state index is 11.0. The van der Waals surface area contributed by atoms with Crippen LogP contribution in [0.3, 0.4) is 0 Å². The van der Waals surface area contributed by atoms with Gasteiger partial charge in [0.25, 0.3) is 0 Å². The highest BCUT2D eigenvalue weighted by atomic mass is 16.3. The fourth-order valence-electron chi connectivity index (χ4n) is 6.83. The fraction of sp³-hybridized carbons (Fsp3) is 0.733. The first-order valence-electron chi connectivity index (χ1n) is 12.3. The molecule has 32 heavy (non-hydrogen) atoms. The molecule has 0 amide bonds. The van der Waals surface area contributed by atoms with Crippen LogP contribution in [-0.2, 0) is 0 Å². The second kappa shape index (κ2) is 7.81. The monoisotopic (exact) mass is 442 g/mol. The molecule has 0 radical (unpaired) electrons.